The molecular weight excluding hydrogens is 382 g/mol. The molecule has 1 aliphatic heterocycles. The maximum atomic E-state index is 12.8. The first-order valence-corrected chi connectivity index (χ1v) is 10.1. The molecular formula is C23H27N3O4. The molecule has 1 saturated heterocycles. The fourth-order valence-electron chi connectivity index (χ4n) is 3.45. The Morgan fingerprint density at radius 2 is 2.00 bits per heavy atom. The van der Waals surface area contributed by atoms with Crippen molar-refractivity contribution in [3.05, 3.63) is 53.6 Å². The lowest BCUT2D eigenvalue weighted by Crippen LogP contribution is -2.28. The van der Waals surface area contributed by atoms with E-state index in [9.17, 15) is 14.4 Å². The Balaban J connectivity index is 1.70. The minimum Gasteiger partial charge on any atom is -0.495 e. The summed E-state index contributed by atoms with van der Waals surface area (Å²) in [6.07, 6.45) is 0.972. The standard InChI is InChI=1S/C23H27N3O4/c1-4-10-24-22(28)16-6-5-7-18(12-16)25-23(29)17-13-21(27)26(14-17)19-11-15(2)8-9-20(19)30-3/h5-9,11-12,17H,4,10,13-14H2,1-3H3,(H,24,28)(H,25,29). The average molecular weight is 409 g/mol. The first kappa shape index (κ1) is 21.4. The number of nitrogens with one attached hydrogen (secondary N) is 2. The molecule has 2 aromatic carbocycles. The number of ether oxygens (including phenoxy) is 1. The Kier molecular flexibility index (Phi) is 6.72. The van der Waals surface area contributed by atoms with Gasteiger partial charge in [-0.2, -0.15) is 0 Å². The van der Waals surface area contributed by atoms with Gasteiger partial charge >= 0.3 is 0 Å². The monoisotopic (exact) mass is 409 g/mol. The molecule has 0 radical (unpaired) electrons. The number of hydrogen-bond acceptors (Lipinski definition) is 4. The summed E-state index contributed by atoms with van der Waals surface area (Å²) in [6.45, 7) is 4.80. The van der Waals surface area contributed by atoms with E-state index >= 15 is 0 Å². The highest BCUT2D eigenvalue weighted by atomic mass is 16.5. The number of anilines is 2. The average Bonchev–Trinajstić information content (AvgIpc) is 3.13. The van der Waals surface area contributed by atoms with Gasteiger partial charge in [-0.05, 0) is 49.2 Å². The van der Waals surface area contributed by atoms with Crippen LogP contribution in [-0.2, 0) is 9.59 Å². The highest BCUT2D eigenvalue weighted by Gasteiger charge is 2.36. The van der Waals surface area contributed by atoms with E-state index in [4.69, 9.17) is 4.74 Å². The Hall–Kier alpha value is -3.35. The second kappa shape index (κ2) is 9.43. The van der Waals surface area contributed by atoms with Crippen molar-refractivity contribution in [2.45, 2.75) is 26.7 Å². The molecule has 0 bridgehead atoms. The minimum absolute atomic E-state index is 0.119. The van der Waals surface area contributed by atoms with Crippen LogP contribution in [0.3, 0.4) is 0 Å². The quantitative estimate of drug-likeness (QED) is 0.735. The second-order valence-electron chi connectivity index (χ2n) is 7.41. The zero-order chi connectivity index (χ0) is 21.7. The van der Waals surface area contributed by atoms with Crippen molar-refractivity contribution in [3.8, 4) is 5.75 Å². The first-order chi connectivity index (χ1) is 14.4. The molecule has 1 atom stereocenters. The largest absolute Gasteiger partial charge is 0.495 e. The maximum absolute atomic E-state index is 12.8. The fourth-order valence-corrected chi connectivity index (χ4v) is 3.45. The zero-order valence-electron chi connectivity index (χ0n) is 17.5. The fraction of sp³-hybridized carbons (Fsp3) is 0.348. The first-order valence-electron chi connectivity index (χ1n) is 10.1. The van der Waals surface area contributed by atoms with E-state index in [-0.39, 0.29) is 30.7 Å². The number of amides is 3. The van der Waals surface area contributed by atoms with E-state index in [2.05, 4.69) is 10.6 Å². The van der Waals surface area contributed by atoms with Gasteiger partial charge < -0.3 is 20.3 Å². The molecule has 3 amide bonds. The molecule has 0 aromatic heterocycles. The normalized spacial score (nSPS) is 15.8. The SMILES string of the molecule is CCCNC(=O)c1cccc(NC(=O)C2CC(=O)N(c3cc(C)ccc3OC)C2)c1. The minimum atomic E-state index is -0.486. The summed E-state index contributed by atoms with van der Waals surface area (Å²) >= 11 is 0. The Morgan fingerprint density at radius 3 is 2.73 bits per heavy atom. The number of carbonyl (C=O) groups is 3. The van der Waals surface area contributed by atoms with Crippen molar-refractivity contribution in [2.75, 3.05) is 30.4 Å². The van der Waals surface area contributed by atoms with Crippen LogP contribution in [0.15, 0.2) is 42.5 Å². The summed E-state index contributed by atoms with van der Waals surface area (Å²) in [7, 11) is 1.56. The lowest BCUT2D eigenvalue weighted by atomic mass is 10.1. The van der Waals surface area contributed by atoms with E-state index in [1.165, 1.54) is 0 Å². The van der Waals surface area contributed by atoms with Crippen molar-refractivity contribution >= 4 is 29.1 Å². The number of hydrogen-bond donors (Lipinski definition) is 2. The third-order valence-electron chi connectivity index (χ3n) is 5.05. The molecule has 158 valence electrons. The predicted molar refractivity (Wildman–Crippen MR) is 116 cm³/mol. The van der Waals surface area contributed by atoms with Crippen molar-refractivity contribution in [1.82, 2.24) is 5.32 Å². The molecule has 1 fully saturated rings. The summed E-state index contributed by atoms with van der Waals surface area (Å²) in [5.74, 6) is -0.432. The zero-order valence-corrected chi connectivity index (χ0v) is 17.5. The van der Waals surface area contributed by atoms with Gasteiger partial charge in [0.2, 0.25) is 11.8 Å². The van der Waals surface area contributed by atoms with Gasteiger partial charge in [0.05, 0.1) is 18.7 Å². The molecule has 3 rings (SSSR count). The van der Waals surface area contributed by atoms with E-state index in [0.717, 1.165) is 12.0 Å². The molecule has 7 nitrogen and oxygen atoms in total. The van der Waals surface area contributed by atoms with E-state index in [1.54, 1.807) is 36.3 Å². The van der Waals surface area contributed by atoms with Crippen LogP contribution in [0.25, 0.3) is 0 Å². The number of rotatable bonds is 7. The van der Waals surface area contributed by atoms with E-state index in [0.29, 0.717) is 29.2 Å². The summed E-state index contributed by atoms with van der Waals surface area (Å²) < 4.78 is 5.38. The van der Waals surface area contributed by atoms with Gasteiger partial charge in [0.1, 0.15) is 5.75 Å². The number of aryl methyl sites for hydroxylation is 1. The van der Waals surface area contributed by atoms with Crippen molar-refractivity contribution in [2.24, 2.45) is 5.92 Å². The molecule has 2 aromatic rings. The van der Waals surface area contributed by atoms with Crippen LogP contribution >= 0.6 is 0 Å². The Morgan fingerprint density at radius 1 is 1.20 bits per heavy atom. The third kappa shape index (κ3) is 4.79. The molecule has 1 unspecified atom stereocenters. The molecule has 0 spiro atoms. The van der Waals surface area contributed by atoms with Crippen LogP contribution in [0.4, 0.5) is 11.4 Å². The van der Waals surface area contributed by atoms with E-state index < -0.39 is 5.92 Å². The van der Waals surface area contributed by atoms with Crippen LogP contribution in [0, 0.1) is 12.8 Å². The molecule has 1 heterocycles. The summed E-state index contributed by atoms with van der Waals surface area (Å²) in [5.41, 5.74) is 2.69. The summed E-state index contributed by atoms with van der Waals surface area (Å²) in [5, 5.41) is 5.65. The topological polar surface area (TPSA) is 87.7 Å². The molecule has 2 N–H and O–H groups in total. The van der Waals surface area contributed by atoms with Crippen LogP contribution in [0.5, 0.6) is 5.75 Å². The predicted octanol–water partition coefficient (Wildman–Crippen LogP) is 3.14. The van der Waals surface area contributed by atoms with Crippen molar-refractivity contribution < 1.29 is 19.1 Å². The van der Waals surface area contributed by atoms with Crippen LogP contribution in [-0.4, -0.2) is 37.9 Å². The van der Waals surface area contributed by atoms with Gasteiger partial charge in [-0.1, -0.05) is 19.1 Å². The lowest BCUT2D eigenvalue weighted by molar-refractivity contribution is -0.122. The number of carbonyl (C=O) groups excluding carboxylic acids is 3. The van der Waals surface area contributed by atoms with Gasteiger partial charge in [-0.3, -0.25) is 14.4 Å². The highest BCUT2D eigenvalue weighted by molar-refractivity contribution is 6.04. The maximum Gasteiger partial charge on any atom is 0.251 e. The second-order valence-corrected chi connectivity index (χ2v) is 7.41. The van der Waals surface area contributed by atoms with Crippen LogP contribution in [0.2, 0.25) is 0 Å². The van der Waals surface area contributed by atoms with Crippen molar-refractivity contribution in [3.63, 3.8) is 0 Å². The van der Waals surface area contributed by atoms with Gasteiger partial charge in [0.25, 0.3) is 5.91 Å². The number of methoxy groups -OCH3 is 1. The van der Waals surface area contributed by atoms with Crippen LogP contribution in [0.1, 0.15) is 35.7 Å². The van der Waals surface area contributed by atoms with Gasteiger partial charge in [0.15, 0.2) is 0 Å². The Bertz CT molecular complexity index is 957. The highest BCUT2D eigenvalue weighted by Crippen LogP contribution is 2.34. The lowest BCUT2D eigenvalue weighted by Gasteiger charge is -2.20. The van der Waals surface area contributed by atoms with Gasteiger partial charge in [0, 0.05) is 30.8 Å². The number of benzene rings is 2. The van der Waals surface area contributed by atoms with Crippen LogP contribution < -0.4 is 20.3 Å². The molecule has 30 heavy (non-hydrogen) atoms. The third-order valence-corrected chi connectivity index (χ3v) is 5.05. The molecule has 0 saturated carbocycles. The van der Waals surface area contributed by atoms with Crippen molar-refractivity contribution in [1.29, 1.82) is 0 Å². The van der Waals surface area contributed by atoms with E-state index in [1.807, 2.05) is 32.0 Å². The summed E-state index contributed by atoms with van der Waals surface area (Å²) in [6, 6.07) is 12.4. The number of nitrogens with zero attached hydrogens (tertiary/aromatic N) is 1. The molecule has 1 aliphatic rings. The molecule has 7 heteroatoms. The van der Waals surface area contributed by atoms with Gasteiger partial charge in [-0.25, -0.2) is 0 Å². The Labute approximate surface area is 176 Å². The smallest absolute Gasteiger partial charge is 0.251 e. The van der Waals surface area contributed by atoms with Gasteiger partial charge in [-0.15, -0.1) is 0 Å². The molecule has 0 aliphatic carbocycles. The summed E-state index contributed by atoms with van der Waals surface area (Å²) in [4.78, 5) is 39.1.